The lowest BCUT2D eigenvalue weighted by Crippen LogP contribution is -2.34. The van der Waals surface area contributed by atoms with Crippen LogP contribution in [0.1, 0.15) is 56.3 Å². The molecule has 0 aliphatic carbocycles. The van der Waals surface area contributed by atoms with Crippen molar-refractivity contribution >= 4 is 5.91 Å². The number of aryl methyl sites for hydroxylation is 1. The van der Waals surface area contributed by atoms with Crippen molar-refractivity contribution in [2.45, 2.75) is 51.5 Å². The zero-order chi connectivity index (χ0) is 17.6. The van der Waals surface area contributed by atoms with E-state index in [1.807, 2.05) is 30.6 Å². The average Bonchev–Trinajstić information content (AvgIpc) is 3.13. The fourth-order valence-corrected chi connectivity index (χ4v) is 3.37. The average molecular weight is 341 g/mol. The number of fused-ring (bicyclic) bond motifs is 1. The lowest BCUT2D eigenvalue weighted by atomic mass is 9.98. The van der Waals surface area contributed by atoms with Gasteiger partial charge in [0.1, 0.15) is 11.6 Å². The summed E-state index contributed by atoms with van der Waals surface area (Å²) in [6.07, 6.45) is 7.08. The minimum absolute atomic E-state index is 0.0502. The first-order valence-electron chi connectivity index (χ1n) is 9.18. The van der Waals surface area contributed by atoms with Gasteiger partial charge in [0.2, 0.25) is 0 Å². The Bertz CT molecular complexity index is 710. The fraction of sp³-hybridized carbons (Fsp3) is 0.500. The minimum atomic E-state index is -0.0809. The highest BCUT2D eigenvalue weighted by Gasteiger charge is 2.22. The highest BCUT2D eigenvalue weighted by atomic mass is 16.5. The van der Waals surface area contributed by atoms with Crippen LogP contribution in [0.3, 0.4) is 0 Å². The zero-order valence-electron chi connectivity index (χ0n) is 15.1. The Morgan fingerprint density at radius 1 is 1.44 bits per heavy atom. The number of hydrogen-bond acceptors (Lipinski definition) is 3. The molecule has 1 amide bonds. The Labute approximate surface area is 149 Å². The van der Waals surface area contributed by atoms with Crippen LogP contribution in [0.4, 0.5) is 0 Å². The van der Waals surface area contributed by atoms with Gasteiger partial charge in [-0.15, -0.1) is 0 Å². The molecule has 0 radical (unpaired) electrons. The van der Waals surface area contributed by atoms with Crippen molar-refractivity contribution in [3.05, 3.63) is 48.0 Å². The number of para-hydroxylation sites is 1. The normalized spacial score (nSPS) is 17.6. The molecule has 2 aromatic rings. The van der Waals surface area contributed by atoms with Crippen molar-refractivity contribution < 1.29 is 9.53 Å². The van der Waals surface area contributed by atoms with E-state index < -0.39 is 0 Å². The number of benzene rings is 1. The van der Waals surface area contributed by atoms with Crippen LogP contribution in [-0.4, -0.2) is 28.6 Å². The maximum Gasteiger partial charge on any atom is 0.257 e. The topological polar surface area (TPSA) is 56.1 Å². The van der Waals surface area contributed by atoms with Crippen LogP contribution < -0.4 is 10.1 Å². The van der Waals surface area contributed by atoms with Gasteiger partial charge >= 0.3 is 0 Å². The van der Waals surface area contributed by atoms with Gasteiger partial charge in [-0.2, -0.15) is 0 Å². The second-order valence-electron chi connectivity index (χ2n) is 6.76. The second kappa shape index (κ2) is 8.19. The molecule has 0 spiro atoms. The van der Waals surface area contributed by atoms with Gasteiger partial charge in [0, 0.05) is 31.4 Å². The molecule has 1 N–H and O–H groups in total. The fourth-order valence-electron chi connectivity index (χ4n) is 3.37. The molecule has 1 aromatic heterocycles. The van der Waals surface area contributed by atoms with E-state index in [-0.39, 0.29) is 12.5 Å². The molecule has 134 valence electrons. The summed E-state index contributed by atoms with van der Waals surface area (Å²) < 4.78 is 7.96. The predicted octanol–water partition coefficient (Wildman–Crippen LogP) is 3.47. The molecule has 5 heteroatoms. The van der Waals surface area contributed by atoms with Gasteiger partial charge in [-0.05, 0) is 36.8 Å². The first kappa shape index (κ1) is 17.5. The summed E-state index contributed by atoms with van der Waals surface area (Å²) in [7, 11) is 0. The molecule has 2 unspecified atom stereocenters. The molecule has 3 rings (SSSR count). The largest absolute Gasteiger partial charge is 0.483 e. The van der Waals surface area contributed by atoms with Crippen molar-refractivity contribution in [3.63, 3.8) is 0 Å². The Morgan fingerprint density at radius 2 is 2.28 bits per heavy atom. The van der Waals surface area contributed by atoms with Gasteiger partial charge < -0.3 is 14.6 Å². The molecular weight excluding hydrogens is 314 g/mol. The minimum Gasteiger partial charge on any atom is -0.483 e. The third-order valence-electron chi connectivity index (χ3n) is 5.03. The molecule has 0 fully saturated rings. The number of imidazole rings is 1. The van der Waals surface area contributed by atoms with Crippen LogP contribution in [0.15, 0.2) is 36.7 Å². The summed E-state index contributed by atoms with van der Waals surface area (Å²) in [6, 6.07) is 7.97. The number of ether oxygens (including phenoxy) is 1. The van der Waals surface area contributed by atoms with E-state index in [4.69, 9.17) is 4.74 Å². The van der Waals surface area contributed by atoms with Gasteiger partial charge in [-0.3, -0.25) is 4.79 Å². The molecule has 25 heavy (non-hydrogen) atoms. The predicted molar refractivity (Wildman–Crippen MR) is 97.9 cm³/mol. The smallest absolute Gasteiger partial charge is 0.257 e. The molecule has 5 nitrogen and oxygen atoms in total. The molecule has 1 aliphatic rings. The number of rotatable bonds is 7. The highest BCUT2D eigenvalue weighted by Crippen LogP contribution is 2.28. The molecule has 1 aromatic carbocycles. The Balaban J connectivity index is 1.51. The summed E-state index contributed by atoms with van der Waals surface area (Å²) in [4.78, 5) is 16.6. The lowest BCUT2D eigenvalue weighted by molar-refractivity contribution is -0.123. The van der Waals surface area contributed by atoms with E-state index in [9.17, 15) is 4.79 Å². The SMILES string of the molecule is CCC(C)c1ccccc1OCC(=O)NCC1CCCn2ccnc21. The molecule has 2 atom stereocenters. The van der Waals surface area contributed by atoms with Crippen molar-refractivity contribution in [3.8, 4) is 5.75 Å². The maximum absolute atomic E-state index is 12.2. The van der Waals surface area contributed by atoms with E-state index in [0.717, 1.165) is 42.9 Å². The number of nitrogens with one attached hydrogen (secondary N) is 1. The van der Waals surface area contributed by atoms with Crippen LogP contribution in [0.2, 0.25) is 0 Å². The van der Waals surface area contributed by atoms with Crippen molar-refractivity contribution in [2.24, 2.45) is 0 Å². The summed E-state index contributed by atoms with van der Waals surface area (Å²) in [5, 5.41) is 3.00. The van der Waals surface area contributed by atoms with Gasteiger partial charge in [0.05, 0.1) is 0 Å². The Hall–Kier alpha value is -2.30. The molecule has 0 saturated carbocycles. The van der Waals surface area contributed by atoms with Crippen LogP contribution in [0.25, 0.3) is 0 Å². The monoisotopic (exact) mass is 341 g/mol. The number of aromatic nitrogens is 2. The first-order valence-corrected chi connectivity index (χ1v) is 9.18. The molecular formula is C20H27N3O2. The molecule has 1 aliphatic heterocycles. The third-order valence-corrected chi connectivity index (χ3v) is 5.03. The second-order valence-corrected chi connectivity index (χ2v) is 6.76. The van der Waals surface area contributed by atoms with Crippen LogP contribution >= 0.6 is 0 Å². The van der Waals surface area contributed by atoms with Gasteiger partial charge in [-0.1, -0.05) is 32.0 Å². The van der Waals surface area contributed by atoms with Crippen molar-refractivity contribution in [1.29, 1.82) is 0 Å². The van der Waals surface area contributed by atoms with Gasteiger partial charge in [-0.25, -0.2) is 4.98 Å². The van der Waals surface area contributed by atoms with Crippen LogP contribution in [-0.2, 0) is 11.3 Å². The number of nitrogens with zero attached hydrogens (tertiary/aromatic N) is 2. The van der Waals surface area contributed by atoms with E-state index in [1.54, 1.807) is 0 Å². The van der Waals surface area contributed by atoms with E-state index >= 15 is 0 Å². The first-order chi connectivity index (χ1) is 12.2. The van der Waals surface area contributed by atoms with E-state index in [2.05, 4.69) is 34.8 Å². The van der Waals surface area contributed by atoms with E-state index in [0.29, 0.717) is 18.4 Å². The quantitative estimate of drug-likeness (QED) is 0.839. The van der Waals surface area contributed by atoms with E-state index in [1.165, 1.54) is 0 Å². The number of carbonyl (C=O) groups excluding carboxylic acids is 1. The lowest BCUT2D eigenvalue weighted by Gasteiger charge is -2.23. The molecule has 0 bridgehead atoms. The molecule has 2 heterocycles. The summed E-state index contributed by atoms with van der Waals surface area (Å²) in [5.41, 5.74) is 1.16. The van der Waals surface area contributed by atoms with Gasteiger partial charge in [0.15, 0.2) is 6.61 Å². The van der Waals surface area contributed by atoms with Crippen LogP contribution in [0, 0.1) is 0 Å². The van der Waals surface area contributed by atoms with Crippen molar-refractivity contribution in [2.75, 3.05) is 13.2 Å². The highest BCUT2D eigenvalue weighted by molar-refractivity contribution is 5.77. The summed E-state index contributed by atoms with van der Waals surface area (Å²) >= 11 is 0. The van der Waals surface area contributed by atoms with Gasteiger partial charge in [0.25, 0.3) is 5.91 Å². The van der Waals surface area contributed by atoms with Crippen molar-refractivity contribution in [1.82, 2.24) is 14.9 Å². The Kier molecular flexibility index (Phi) is 5.74. The standard InChI is InChI=1S/C20H27N3O2/c1-3-15(2)17-8-4-5-9-18(17)25-14-19(24)22-13-16-7-6-11-23-12-10-21-20(16)23/h4-5,8-10,12,15-16H,3,6-7,11,13-14H2,1-2H3,(H,22,24). The Morgan fingerprint density at radius 3 is 3.12 bits per heavy atom. The maximum atomic E-state index is 12.2. The number of amides is 1. The van der Waals surface area contributed by atoms with Crippen LogP contribution in [0.5, 0.6) is 5.75 Å². The molecule has 0 saturated heterocycles. The summed E-state index contributed by atoms with van der Waals surface area (Å²) in [6.45, 7) is 6.02. The third kappa shape index (κ3) is 4.21. The zero-order valence-corrected chi connectivity index (χ0v) is 15.1. The summed E-state index contributed by atoms with van der Waals surface area (Å²) in [5.74, 6) is 2.51. The number of hydrogen-bond donors (Lipinski definition) is 1. The number of carbonyl (C=O) groups is 1.